The Kier molecular flexibility index (Phi) is 9.90. The van der Waals surface area contributed by atoms with Crippen molar-refractivity contribution in [3.8, 4) is 0 Å². The number of benzene rings is 1. The molecule has 0 aromatic heterocycles. The molecule has 0 heterocycles. The molecule has 1 amide bonds. The first-order valence-corrected chi connectivity index (χ1v) is 7.55. The van der Waals surface area contributed by atoms with Crippen LogP contribution in [0.25, 0.3) is 0 Å². The molecule has 20 heavy (non-hydrogen) atoms. The summed E-state index contributed by atoms with van der Waals surface area (Å²) in [4.78, 5) is 11.9. The van der Waals surface area contributed by atoms with Crippen LogP contribution in [0.4, 0.5) is 0 Å². The Bertz CT molecular complexity index is 413. The van der Waals surface area contributed by atoms with Gasteiger partial charge in [-0.15, -0.1) is 12.4 Å². The molecule has 3 nitrogen and oxygen atoms in total. The maximum atomic E-state index is 11.9. The molecule has 3 N–H and O–H groups in total. The summed E-state index contributed by atoms with van der Waals surface area (Å²) in [5.74, 6) is 0.615. The molecule has 0 saturated heterocycles. The lowest BCUT2D eigenvalue weighted by Crippen LogP contribution is -2.41. The number of nitrogens with one attached hydrogen (secondary N) is 1. The average Bonchev–Trinajstić information content (AvgIpc) is 2.36. The van der Waals surface area contributed by atoms with Crippen LogP contribution in [0.5, 0.6) is 0 Å². The summed E-state index contributed by atoms with van der Waals surface area (Å²) in [5.41, 5.74) is 6.84. The third-order valence-electron chi connectivity index (χ3n) is 2.98. The van der Waals surface area contributed by atoms with E-state index in [0.29, 0.717) is 18.9 Å². The van der Waals surface area contributed by atoms with Crippen molar-refractivity contribution in [2.75, 3.05) is 6.54 Å². The van der Waals surface area contributed by atoms with E-state index in [1.807, 2.05) is 24.3 Å². The van der Waals surface area contributed by atoms with Crippen molar-refractivity contribution in [1.29, 1.82) is 0 Å². The largest absolute Gasteiger partial charge is 0.352 e. The van der Waals surface area contributed by atoms with Gasteiger partial charge in [-0.3, -0.25) is 4.79 Å². The molecular weight excluding hydrogens is 340 g/mol. The first-order chi connectivity index (χ1) is 9.02. The number of hydrogen-bond acceptors (Lipinski definition) is 2. The van der Waals surface area contributed by atoms with Crippen LogP contribution >= 0.6 is 28.3 Å². The maximum Gasteiger partial charge on any atom is 0.220 e. The van der Waals surface area contributed by atoms with Gasteiger partial charge >= 0.3 is 0 Å². The van der Waals surface area contributed by atoms with Gasteiger partial charge in [-0.2, -0.15) is 0 Å². The quantitative estimate of drug-likeness (QED) is 0.781. The smallest absolute Gasteiger partial charge is 0.220 e. The molecular formula is C15H24BrClN2O. The van der Waals surface area contributed by atoms with Crippen molar-refractivity contribution in [2.45, 2.75) is 39.2 Å². The van der Waals surface area contributed by atoms with Crippen LogP contribution in [0.2, 0.25) is 0 Å². The highest BCUT2D eigenvalue weighted by atomic mass is 79.9. The van der Waals surface area contributed by atoms with Gasteiger partial charge in [0.1, 0.15) is 0 Å². The Labute approximate surface area is 136 Å². The molecule has 1 rings (SSSR count). The van der Waals surface area contributed by atoms with E-state index < -0.39 is 0 Å². The lowest BCUT2D eigenvalue weighted by Gasteiger charge is -2.18. The van der Waals surface area contributed by atoms with Crippen molar-refractivity contribution in [2.24, 2.45) is 11.7 Å². The molecule has 0 aliphatic heterocycles. The Morgan fingerprint density at radius 2 is 2.00 bits per heavy atom. The van der Waals surface area contributed by atoms with E-state index >= 15 is 0 Å². The highest BCUT2D eigenvalue weighted by Gasteiger charge is 2.12. The van der Waals surface area contributed by atoms with E-state index in [4.69, 9.17) is 5.73 Å². The summed E-state index contributed by atoms with van der Waals surface area (Å²) in [7, 11) is 0. The van der Waals surface area contributed by atoms with Gasteiger partial charge in [0.15, 0.2) is 0 Å². The summed E-state index contributed by atoms with van der Waals surface area (Å²) >= 11 is 3.49. The summed E-state index contributed by atoms with van der Waals surface area (Å²) in [6, 6.07) is 8.08. The molecule has 0 fully saturated rings. The van der Waals surface area contributed by atoms with Crippen LogP contribution < -0.4 is 11.1 Å². The number of rotatable bonds is 7. The van der Waals surface area contributed by atoms with Gasteiger partial charge < -0.3 is 11.1 Å². The number of nitrogens with two attached hydrogens (primary N) is 1. The molecule has 5 heteroatoms. The molecule has 114 valence electrons. The first-order valence-electron chi connectivity index (χ1n) is 6.75. The first kappa shape index (κ1) is 19.4. The number of amides is 1. The molecule has 1 aromatic carbocycles. The molecule has 0 saturated carbocycles. The van der Waals surface area contributed by atoms with Crippen LogP contribution in [0.3, 0.4) is 0 Å². The molecule has 1 aromatic rings. The van der Waals surface area contributed by atoms with Crippen LogP contribution in [-0.4, -0.2) is 18.5 Å². The Balaban J connectivity index is 0.00000361. The SMILES string of the molecule is CC(C)CC(CN)NC(=O)CCc1ccccc1Br.Cl. The standard InChI is InChI=1S/C15H23BrN2O.ClH/c1-11(2)9-13(10-17)18-15(19)8-7-12-5-3-4-6-14(12)16;/h3-6,11,13H,7-10,17H2,1-2H3,(H,18,19);1H. The van der Waals surface area contributed by atoms with Gasteiger partial charge in [-0.25, -0.2) is 0 Å². The third kappa shape index (κ3) is 7.27. The second kappa shape index (κ2) is 10.2. The zero-order valence-corrected chi connectivity index (χ0v) is 14.5. The fourth-order valence-corrected chi connectivity index (χ4v) is 2.52. The van der Waals surface area contributed by atoms with E-state index in [0.717, 1.165) is 22.9 Å². The minimum Gasteiger partial charge on any atom is -0.352 e. The fraction of sp³-hybridized carbons (Fsp3) is 0.533. The average molecular weight is 364 g/mol. The van der Waals surface area contributed by atoms with E-state index in [2.05, 4.69) is 35.1 Å². The monoisotopic (exact) mass is 362 g/mol. The summed E-state index contributed by atoms with van der Waals surface area (Å²) in [5, 5.41) is 3.01. The zero-order valence-electron chi connectivity index (χ0n) is 12.1. The Hall–Kier alpha value is -0.580. The number of carbonyl (C=O) groups is 1. The van der Waals surface area contributed by atoms with Crippen LogP contribution in [-0.2, 0) is 11.2 Å². The molecule has 0 aliphatic carbocycles. The molecule has 0 spiro atoms. The lowest BCUT2D eigenvalue weighted by molar-refractivity contribution is -0.121. The fourth-order valence-electron chi connectivity index (χ4n) is 2.03. The Morgan fingerprint density at radius 1 is 1.35 bits per heavy atom. The normalized spacial score (nSPS) is 11.8. The van der Waals surface area contributed by atoms with Crippen molar-refractivity contribution < 1.29 is 4.79 Å². The van der Waals surface area contributed by atoms with E-state index in [9.17, 15) is 4.79 Å². The molecule has 0 bridgehead atoms. The van der Waals surface area contributed by atoms with Gasteiger partial charge in [-0.05, 0) is 30.4 Å². The second-order valence-corrected chi connectivity index (χ2v) is 6.08. The predicted molar refractivity (Wildman–Crippen MR) is 90.2 cm³/mol. The molecule has 0 aliphatic rings. The summed E-state index contributed by atoms with van der Waals surface area (Å²) in [6.45, 7) is 4.77. The highest BCUT2D eigenvalue weighted by molar-refractivity contribution is 9.10. The number of aryl methyl sites for hydroxylation is 1. The molecule has 0 radical (unpaired) electrons. The minimum atomic E-state index is 0. The van der Waals surface area contributed by atoms with Crippen molar-refractivity contribution in [3.63, 3.8) is 0 Å². The molecule has 1 unspecified atom stereocenters. The van der Waals surface area contributed by atoms with Crippen LogP contribution in [0.1, 0.15) is 32.3 Å². The number of carbonyl (C=O) groups excluding carboxylic acids is 1. The third-order valence-corrected chi connectivity index (χ3v) is 3.76. The van der Waals surface area contributed by atoms with E-state index in [-0.39, 0.29) is 24.4 Å². The van der Waals surface area contributed by atoms with Gasteiger partial charge in [0.05, 0.1) is 0 Å². The van der Waals surface area contributed by atoms with Gasteiger partial charge in [0.25, 0.3) is 0 Å². The zero-order chi connectivity index (χ0) is 14.3. The van der Waals surface area contributed by atoms with Crippen LogP contribution in [0.15, 0.2) is 28.7 Å². The lowest BCUT2D eigenvalue weighted by atomic mass is 10.0. The van der Waals surface area contributed by atoms with E-state index in [1.165, 1.54) is 0 Å². The second-order valence-electron chi connectivity index (χ2n) is 5.22. The Morgan fingerprint density at radius 3 is 2.55 bits per heavy atom. The number of halogens is 2. The topological polar surface area (TPSA) is 55.1 Å². The van der Waals surface area contributed by atoms with Crippen LogP contribution in [0, 0.1) is 5.92 Å². The maximum absolute atomic E-state index is 11.9. The summed E-state index contributed by atoms with van der Waals surface area (Å²) in [6.07, 6.45) is 2.17. The number of hydrogen-bond donors (Lipinski definition) is 2. The summed E-state index contributed by atoms with van der Waals surface area (Å²) < 4.78 is 1.06. The predicted octanol–water partition coefficient (Wildman–Crippen LogP) is 3.29. The van der Waals surface area contributed by atoms with E-state index in [1.54, 1.807) is 0 Å². The van der Waals surface area contributed by atoms with Gasteiger partial charge in [-0.1, -0.05) is 48.0 Å². The molecule has 1 atom stereocenters. The van der Waals surface area contributed by atoms with Crippen molar-refractivity contribution >= 4 is 34.2 Å². The highest BCUT2D eigenvalue weighted by Crippen LogP contribution is 2.17. The van der Waals surface area contributed by atoms with Gasteiger partial charge in [0.2, 0.25) is 5.91 Å². The van der Waals surface area contributed by atoms with Crippen molar-refractivity contribution in [1.82, 2.24) is 5.32 Å². The van der Waals surface area contributed by atoms with Crippen molar-refractivity contribution in [3.05, 3.63) is 34.3 Å². The minimum absolute atomic E-state index is 0. The van der Waals surface area contributed by atoms with Gasteiger partial charge in [0, 0.05) is 23.5 Å².